The van der Waals surface area contributed by atoms with E-state index < -0.39 is 7.92 Å². The molecule has 3 aromatic carbocycles. The summed E-state index contributed by atoms with van der Waals surface area (Å²) in [4.78, 5) is 24.2. The van der Waals surface area contributed by atoms with E-state index in [0.29, 0.717) is 17.5 Å². The van der Waals surface area contributed by atoms with E-state index >= 15 is 0 Å². The van der Waals surface area contributed by atoms with Crippen molar-refractivity contribution >= 4 is 42.1 Å². The number of rotatable bonds is 8. The smallest absolute Gasteiger partial charge is 0.259 e. The van der Waals surface area contributed by atoms with Crippen LogP contribution >= 0.6 is 19.7 Å². The van der Waals surface area contributed by atoms with E-state index in [1.54, 1.807) is 6.07 Å². The molecule has 0 aromatic heterocycles. The van der Waals surface area contributed by atoms with Crippen LogP contribution in [-0.2, 0) is 6.42 Å². The van der Waals surface area contributed by atoms with Gasteiger partial charge in [0.2, 0.25) is 0 Å². The summed E-state index contributed by atoms with van der Waals surface area (Å²) in [5, 5.41) is 16.8. The summed E-state index contributed by atoms with van der Waals surface area (Å²) < 4.78 is 0. The van der Waals surface area contributed by atoms with Gasteiger partial charge in [0.25, 0.3) is 11.8 Å². The van der Waals surface area contributed by atoms with E-state index in [-0.39, 0.29) is 17.1 Å². The Bertz CT molecular complexity index is 1090. The van der Waals surface area contributed by atoms with Crippen LogP contribution in [0.5, 0.6) is 0 Å². The Morgan fingerprint density at radius 2 is 1.52 bits per heavy atom. The molecule has 6 heteroatoms. The quantitative estimate of drug-likeness (QED) is 0.321. The maximum atomic E-state index is 12.2. The second kappa shape index (κ2) is 9.92. The molecule has 4 rings (SSSR count). The third-order valence-electron chi connectivity index (χ3n) is 5.33. The Morgan fingerprint density at radius 1 is 0.871 bits per heavy atom. The normalized spacial score (nSPS) is 13.5. The van der Waals surface area contributed by atoms with Crippen molar-refractivity contribution in [3.8, 4) is 5.40 Å². The topological polar surface area (TPSA) is 70.0 Å². The van der Waals surface area contributed by atoms with Crippen molar-refractivity contribution in [2.24, 2.45) is 0 Å². The number of imide groups is 1. The molecule has 0 saturated carbocycles. The summed E-state index contributed by atoms with van der Waals surface area (Å²) in [6.45, 7) is 0. The van der Waals surface area contributed by atoms with Crippen molar-refractivity contribution in [1.82, 2.24) is 5.32 Å². The summed E-state index contributed by atoms with van der Waals surface area (Å²) in [5.74, 6) is -0.655. The molecular formula is C25H21N2O2PS. The van der Waals surface area contributed by atoms with Crippen LogP contribution in [0.3, 0.4) is 0 Å². The Balaban J connectivity index is 1.56. The van der Waals surface area contributed by atoms with Gasteiger partial charge in [-0.15, -0.1) is 0 Å². The number of nitriles is 1. The van der Waals surface area contributed by atoms with Crippen LogP contribution in [0.2, 0.25) is 0 Å². The minimum Gasteiger partial charge on any atom is -0.288 e. The molecule has 2 amide bonds. The zero-order valence-electron chi connectivity index (χ0n) is 16.8. The predicted molar refractivity (Wildman–Crippen MR) is 127 cm³/mol. The molecule has 0 fully saturated rings. The maximum absolute atomic E-state index is 12.2. The second-order valence-electron chi connectivity index (χ2n) is 7.27. The minimum absolute atomic E-state index is 0.118. The van der Waals surface area contributed by atoms with Crippen molar-refractivity contribution in [3.63, 3.8) is 0 Å². The first kappa shape index (κ1) is 21.3. The fourth-order valence-electron chi connectivity index (χ4n) is 3.86. The van der Waals surface area contributed by atoms with Crippen LogP contribution in [0.25, 0.3) is 0 Å². The number of hydrogen-bond donors (Lipinski definition) is 1. The fourth-order valence-corrected chi connectivity index (χ4v) is 7.36. The number of thiocyanates is 1. The van der Waals surface area contributed by atoms with Gasteiger partial charge in [-0.2, -0.15) is 5.26 Å². The van der Waals surface area contributed by atoms with Gasteiger partial charge in [0.15, 0.2) is 0 Å². The molecule has 1 N–H and O–H groups in total. The molecule has 1 atom stereocenters. The average Bonchev–Trinajstić information content (AvgIpc) is 3.11. The second-order valence-corrected chi connectivity index (χ2v) is 10.6. The maximum Gasteiger partial charge on any atom is 0.259 e. The summed E-state index contributed by atoms with van der Waals surface area (Å²) in [6, 6.07) is 26.3. The molecule has 0 saturated heterocycles. The van der Waals surface area contributed by atoms with E-state index in [2.05, 4.69) is 59.2 Å². The molecule has 1 aliphatic heterocycles. The van der Waals surface area contributed by atoms with Crippen LogP contribution < -0.4 is 15.9 Å². The van der Waals surface area contributed by atoms with E-state index in [1.807, 2.05) is 24.3 Å². The predicted octanol–water partition coefficient (Wildman–Crippen LogP) is 4.22. The highest BCUT2D eigenvalue weighted by atomic mass is 32.2. The molecule has 154 valence electrons. The molecule has 1 heterocycles. The van der Waals surface area contributed by atoms with Gasteiger partial charge in [0.05, 0.1) is 11.1 Å². The van der Waals surface area contributed by atoms with Gasteiger partial charge >= 0.3 is 0 Å². The van der Waals surface area contributed by atoms with Gasteiger partial charge in [0.1, 0.15) is 5.40 Å². The number of fused-ring (bicyclic) bond motifs is 1. The summed E-state index contributed by atoms with van der Waals surface area (Å²) in [6.07, 6.45) is 2.28. The minimum atomic E-state index is -0.609. The summed E-state index contributed by atoms with van der Waals surface area (Å²) >= 11 is 1.30. The van der Waals surface area contributed by atoms with E-state index in [1.165, 1.54) is 22.4 Å². The van der Waals surface area contributed by atoms with Crippen LogP contribution in [-0.4, -0.2) is 23.2 Å². The molecule has 0 bridgehead atoms. The summed E-state index contributed by atoms with van der Waals surface area (Å²) in [7, 11) is -0.609. The van der Waals surface area contributed by atoms with E-state index in [4.69, 9.17) is 0 Å². The first-order chi connectivity index (χ1) is 15.2. The number of carbonyl (C=O) groups is 2. The molecule has 0 radical (unpaired) electrons. The first-order valence-electron chi connectivity index (χ1n) is 10.1. The lowest BCUT2D eigenvalue weighted by Crippen LogP contribution is -2.21. The first-order valence-corrected chi connectivity index (χ1v) is 12.5. The lowest BCUT2D eigenvalue weighted by atomic mass is 9.98. The van der Waals surface area contributed by atoms with Crippen LogP contribution in [0.4, 0.5) is 0 Å². The highest BCUT2D eigenvalue weighted by Crippen LogP contribution is 2.38. The lowest BCUT2D eigenvalue weighted by molar-refractivity contribution is 0.0879. The molecular weight excluding hydrogens is 423 g/mol. The Hall–Kier alpha value is -2.93. The fraction of sp³-hybridized carbons (Fsp3) is 0.160. The summed E-state index contributed by atoms with van der Waals surface area (Å²) in [5.41, 5.74) is 1.80. The van der Waals surface area contributed by atoms with Crippen molar-refractivity contribution in [1.29, 1.82) is 5.26 Å². The Kier molecular flexibility index (Phi) is 6.82. The number of amides is 2. The Labute approximate surface area is 187 Å². The van der Waals surface area contributed by atoms with Gasteiger partial charge in [-0.05, 0) is 60.9 Å². The lowest BCUT2D eigenvalue weighted by Gasteiger charge is -2.23. The largest absolute Gasteiger partial charge is 0.288 e. The molecule has 0 aliphatic carbocycles. The van der Waals surface area contributed by atoms with Crippen molar-refractivity contribution < 1.29 is 9.59 Å². The molecule has 4 nitrogen and oxygen atoms in total. The van der Waals surface area contributed by atoms with Crippen molar-refractivity contribution in [3.05, 3.63) is 95.6 Å². The molecule has 1 aliphatic rings. The van der Waals surface area contributed by atoms with E-state index in [0.717, 1.165) is 18.1 Å². The third kappa shape index (κ3) is 4.88. The highest BCUT2D eigenvalue weighted by molar-refractivity contribution is 8.04. The molecule has 31 heavy (non-hydrogen) atoms. The van der Waals surface area contributed by atoms with Crippen LogP contribution in [0, 0.1) is 10.7 Å². The van der Waals surface area contributed by atoms with Crippen LogP contribution in [0.1, 0.15) is 32.7 Å². The zero-order valence-corrected chi connectivity index (χ0v) is 18.5. The molecule has 0 spiro atoms. The molecule has 3 aromatic rings. The van der Waals surface area contributed by atoms with Gasteiger partial charge in [-0.1, -0.05) is 72.8 Å². The van der Waals surface area contributed by atoms with Crippen LogP contribution in [0.15, 0.2) is 78.9 Å². The molecule has 1 unspecified atom stereocenters. The van der Waals surface area contributed by atoms with Crippen molar-refractivity contribution in [2.75, 3.05) is 6.16 Å². The van der Waals surface area contributed by atoms with Gasteiger partial charge in [-0.3, -0.25) is 14.9 Å². The van der Waals surface area contributed by atoms with Gasteiger partial charge in [0, 0.05) is 5.25 Å². The number of benzene rings is 3. The monoisotopic (exact) mass is 444 g/mol. The zero-order chi connectivity index (χ0) is 21.6. The Morgan fingerprint density at radius 3 is 2.13 bits per heavy atom. The number of nitrogens with zero attached hydrogens (tertiary/aromatic N) is 1. The number of aryl methyl sites for hydroxylation is 1. The number of thioether (sulfide) groups is 1. The number of nitrogens with one attached hydrogen (secondary N) is 1. The van der Waals surface area contributed by atoms with Crippen molar-refractivity contribution in [2.45, 2.75) is 18.1 Å². The average molecular weight is 444 g/mol. The van der Waals surface area contributed by atoms with Gasteiger partial charge in [-0.25, -0.2) is 0 Å². The van der Waals surface area contributed by atoms with Gasteiger partial charge < -0.3 is 0 Å². The highest BCUT2D eigenvalue weighted by Gasteiger charge is 2.29. The number of hydrogen-bond acceptors (Lipinski definition) is 4. The van der Waals surface area contributed by atoms with E-state index in [9.17, 15) is 14.9 Å². The SMILES string of the molecule is N#CSC(CCc1cccc2c1C(=O)NC2=O)CP(c1ccccc1)c1ccccc1. The number of carbonyl (C=O) groups excluding carboxylic acids is 2. The third-order valence-corrected chi connectivity index (χ3v) is 9.06. The standard InChI is InChI=1S/C25H21N2O2PS/c26-17-31-21(15-14-18-8-7-13-22-23(18)25(29)27-24(22)28)16-30(19-9-3-1-4-10-19)20-11-5-2-6-12-20/h1-13,21H,14-16H2,(H,27,28,29).